The van der Waals surface area contributed by atoms with Crippen LogP contribution in [0, 0.1) is 11.8 Å². The number of carbonyl (C=O) groups excluding carboxylic acids is 1. The third-order valence-corrected chi connectivity index (χ3v) is 4.00. The molecule has 104 valence electrons. The molecular weight excluding hydrogens is 260 g/mol. The van der Waals surface area contributed by atoms with E-state index in [4.69, 9.17) is 11.6 Å². The van der Waals surface area contributed by atoms with Crippen molar-refractivity contribution in [2.75, 3.05) is 18.4 Å². The zero-order valence-corrected chi connectivity index (χ0v) is 12.0. The van der Waals surface area contributed by atoms with Gasteiger partial charge in [-0.05, 0) is 43.4 Å². The van der Waals surface area contributed by atoms with E-state index in [1.807, 2.05) is 12.1 Å². The Kier molecular flexibility index (Phi) is 5.23. The summed E-state index contributed by atoms with van der Waals surface area (Å²) < 4.78 is 0. The summed E-state index contributed by atoms with van der Waals surface area (Å²) in [5, 5.41) is 6.61. The maximum atomic E-state index is 11.8. The van der Waals surface area contributed by atoms with Gasteiger partial charge in [0.15, 0.2) is 0 Å². The zero-order chi connectivity index (χ0) is 13.7. The van der Waals surface area contributed by atoms with Crippen LogP contribution in [-0.2, 0) is 4.79 Å². The second-order valence-corrected chi connectivity index (χ2v) is 5.85. The van der Waals surface area contributed by atoms with E-state index in [9.17, 15) is 4.79 Å². The van der Waals surface area contributed by atoms with Crippen LogP contribution in [0.15, 0.2) is 24.3 Å². The molecule has 2 N–H and O–H groups in total. The fraction of sp³-hybridized carbons (Fsp3) is 0.533. The summed E-state index contributed by atoms with van der Waals surface area (Å²) in [5.74, 6) is 1.52. The summed E-state index contributed by atoms with van der Waals surface area (Å²) in [6.07, 6.45) is 3.87. The molecule has 0 aliphatic heterocycles. The summed E-state index contributed by atoms with van der Waals surface area (Å²) >= 11 is 5.99. The number of hydrogen-bond donors (Lipinski definition) is 2. The van der Waals surface area contributed by atoms with E-state index in [0.29, 0.717) is 17.3 Å². The molecule has 0 spiro atoms. The molecule has 4 heteroatoms. The third-order valence-electron chi connectivity index (χ3n) is 3.67. The predicted molar refractivity (Wildman–Crippen MR) is 79.5 cm³/mol. The molecule has 1 aliphatic carbocycles. The van der Waals surface area contributed by atoms with Gasteiger partial charge in [0, 0.05) is 0 Å². The second kappa shape index (κ2) is 6.92. The van der Waals surface area contributed by atoms with Gasteiger partial charge in [0.1, 0.15) is 0 Å². The molecular formula is C15H21ClN2O. The van der Waals surface area contributed by atoms with Gasteiger partial charge in [0.2, 0.25) is 5.91 Å². The summed E-state index contributed by atoms with van der Waals surface area (Å²) in [5.41, 5.74) is 0.672. The van der Waals surface area contributed by atoms with Gasteiger partial charge in [0.25, 0.3) is 0 Å². The van der Waals surface area contributed by atoms with Crippen LogP contribution in [0.3, 0.4) is 0 Å². The van der Waals surface area contributed by atoms with E-state index in [-0.39, 0.29) is 5.91 Å². The molecule has 1 aromatic carbocycles. The number of benzene rings is 1. The Morgan fingerprint density at radius 3 is 2.84 bits per heavy atom. The van der Waals surface area contributed by atoms with E-state index in [1.165, 1.54) is 19.3 Å². The Balaban J connectivity index is 1.69. The lowest BCUT2D eigenvalue weighted by Crippen LogP contribution is -2.31. The topological polar surface area (TPSA) is 41.1 Å². The fourth-order valence-electron chi connectivity index (χ4n) is 2.66. The monoisotopic (exact) mass is 280 g/mol. The van der Waals surface area contributed by atoms with Crippen LogP contribution in [0.4, 0.5) is 5.69 Å². The molecule has 0 bridgehead atoms. The van der Waals surface area contributed by atoms with E-state index in [2.05, 4.69) is 17.6 Å². The summed E-state index contributed by atoms with van der Waals surface area (Å²) in [7, 11) is 0. The molecule has 2 unspecified atom stereocenters. The molecule has 0 radical (unpaired) electrons. The highest BCUT2D eigenvalue weighted by atomic mass is 35.5. The third kappa shape index (κ3) is 4.51. The molecule has 0 heterocycles. The highest BCUT2D eigenvalue weighted by Gasteiger charge is 2.20. The fourth-order valence-corrected chi connectivity index (χ4v) is 2.84. The highest BCUT2D eigenvalue weighted by Crippen LogP contribution is 2.29. The van der Waals surface area contributed by atoms with E-state index in [0.717, 1.165) is 18.4 Å². The van der Waals surface area contributed by atoms with Crippen molar-refractivity contribution in [1.82, 2.24) is 5.32 Å². The van der Waals surface area contributed by atoms with Gasteiger partial charge < -0.3 is 10.6 Å². The lowest BCUT2D eigenvalue weighted by atomic mass is 10.1. The average molecular weight is 281 g/mol. The molecule has 2 rings (SSSR count). The molecule has 1 aromatic rings. The minimum atomic E-state index is -0.0425. The largest absolute Gasteiger partial charge is 0.324 e. The Labute approximate surface area is 119 Å². The Morgan fingerprint density at radius 2 is 2.16 bits per heavy atom. The first kappa shape index (κ1) is 14.4. The Morgan fingerprint density at radius 1 is 1.37 bits per heavy atom. The molecule has 1 aliphatic rings. The second-order valence-electron chi connectivity index (χ2n) is 5.44. The lowest BCUT2D eigenvalue weighted by Gasteiger charge is -2.11. The number of carbonyl (C=O) groups is 1. The molecule has 19 heavy (non-hydrogen) atoms. The van der Waals surface area contributed by atoms with Crippen LogP contribution in [0.25, 0.3) is 0 Å². The number of halogens is 1. The van der Waals surface area contributed by atoms with E-state index < -0.39 is 0 Å². The van der Waals surface area contributed by atoms with Gasteiger partial charge in [-0.15, -0.1) is 0 Å². The number of rotatable bonds is 5. The number of hydrogen-bond acceptors (Lipinski definition) is 2. The van der Waals surface area contributed by atoms with Crippen molar-refractivity contribution in [2.24, 2.45) is 11.8 Å². The standard InChI is InChI=1S/C15H21ClN2O/c1-11-6-7-12(8-11)9-17-10-15(19)18-14-5-3-2-4-13(14)16/h2-5,11-12,17H,6-10H2,1H3,(H,18,19). The van der Waals surface area contributed by atoms with Gasteiger partial charge in [-0.2, -0.15) is 0 Å². The summed E-state index contributed by atoms with van der Waals surface area (Å²) in [6.45, 7) is 3.57. The number of nitrogens with one attached hydrogen (secondary N) is 2. The predicted octanol–water partition coefficient (Wildman–Crippen LogP) is 3.30. The van der Waals surface area contributed by atoms with Gasteiger partial charge in [-0.3, -0.25) is 4.79 Å². The normalized spacial score (nSPS) is 22.4. The minimum absolute atomic E-state index is 0.0425. The van der Waals surface area contributed by atoms with Crippen LogP contribution < -0.4 is 10.6 Å². The van der Waals surface area contributed by atoms with Crippen molar-refractivity contribution in [3.63, 3.8) is 0 Å². The summed E-state index contributed by atoms with van der Waals surface area (Å²) in [6, 6.07) is 7.27. The average Bonchev–Trinajstić information content (AvgIpc) is 2.78. The maximum Gasteiger partial charge on any atom is 0.238 e. The van der Waals surface area contributed by atoms with Crippen molar-refractivity contribution in [3.05, 3.63) is 29.3 Å². The first-order chi connectivity index (χ1) is 9.15. The van der Waals surface area contributed by atoms with Crippen molar-refractivity contribution >= 4 is 23.2 Å². The molecule has 1 amide bonds. The van der Waals surface area contributed by atoms with E-state index in [1.54, 1.807) is 12.1 Å². The quantitative estimate of drug-likeness (QED) is 0.869. The number of anilines is 1. The van der Waals surface area contributed by atoms with Crippen molar-refractivity contribution in [1.29, 1.82) is 0 Å². The molecule has 2 atom stereocenters. The first-order valence-corrected chi connectivity index (χ1v) is 7.28. The first-order valence-electron chi connectivity index (χ1n) is 6.90. The smallest absolute Gasteiger partial charge is 0.238 e. The van der Waals surface area contributed by atoms with Gasteiger partial charge >= 0.3 is 0 Å². The van der Waals surface area contributed by atoms with Gasteiger partial charge in [0.05, 0.1) is 17.3 Å². The highest BCUT2D eigenvalue weighted by molar-refractivity contribution is 6.33. The van der Waals surface area contributed by atoms with Gasteiger partial charge in [-0.1, -0.05) is 37.1 Å². The summed E-state index contributed by atoms with van der Waals surface area (Å²) in [4.78, 5) is 11.8. The van der Waals surface area contributed by atoms with Crippen LogP contribution >= 0.6 is 11.6 Å². The lowest BCUT2D eigenvalue weighted by molar-refractivity contribution is -0.115. The minimum Gasteiger partial charge on any atom is -0.324 e. The molecule has 1 fully saturated rings. The van der Waals surface area contributed by atoms with Crippen LogP contribution in [-0.4, -0.2) is 19.0 Å². The zero-order valence-electron chi connectivity index (χ0n) is 11.3. The maximum absolute atomic E-state index is 11.8. The van der Waals surface area contributed by atoms with Crippen molar-refractivity contribution in [2.45, 2.75) is 26.2 Å². The number of para-hydroxylation sites is 1. The van der Waals surface area contributed by atoms with E-state index >= 15 is 0 Å². The molecule has 3 nitrogen and oxygen atoms in total. The van der Waals surface area contributed by atoms with Crippen LogP contribution in [0.1, 0.15) is 26.2 Å². The molecule has 1 saturated carbocycles. The molecule has 0 aromatic heterocycles. The van der Waals surface area contributed by atoms with Crippen molar-refractivity contribution in [3.8, 4) is 0 Å². The van der Waals surface area contributed by atoms with Crippen LogP contribution in [0.5, 0.6) is 0 Å². The van der Waals surface area contributed by atoms with Crippen LogP contribution in [0.2, 0.25) is 5.02 Å². The SMILES string of the molecule is CC1CCC(CNCC(=O)Nc2ccccc2Cl)C1. The van der Waals surface area contributed by atoms with Gasteiger partial charge in [-0.25, -0.2) is 0 Å². The van der Waals surface area contributed by atoms with Crippen molar-refractivity contribution < 1.29 is 4.79 Å². The molecule has 0 saturated heterocycles. The number of amides is 1. The Hall–Kier alpha value is -1.06. The Bertz CT molecular complexity index is 436.